The lowest BCUT2D eigenvalue weighted by Gasteiger charge is -2.26. The van der Waals surface area contributed by atoms with Crippen molar-refractivity contribution in [2.24, 2.45) is 5.16 Å². The van der Waals surface area contributed by atoms with Crippen molar-refractivity contribution >= 4 is 23.6 Å². The molecule has 1 aromatic heterocycles. The highest BCUT2D eigenvalue weighted by Gasteiger charge is 2.27. The Bertz CT molecular complexity index is 781. The molecule has 0 saturated heterocycles. The van der Waals surface area contributed by atoms with E-state index in [1.165, 1.54) is 0 Å². The first-order valence-electron chi connectivity index (χ1n) is 8.95. The van der Waals surface area contributed by atoms with Gasteiger partial charge in [-0.05, 0) is 40.7 Å². The maximum absolute atomic E-state index is 12.0. The Morgan fingerprint density at radius 3 is 2.43 bits per heavy atom. The first-order chi connectivity index (χ1) is 13.9. The maximum atomic E-state index is 12.0. The third-order valence-electron chi connectivity index (χ3n) is 3.45. The van der Waals surface area contributed by atoms with E-state index in [0.717, 1.165) is 12.1 Å². The molecule has 0 unspecified atom stereocenters. The predicted octanol–water partition coefficient (Wildman–Crippen LogP) is 1.57. The summed E-state index contributed by atoms with van der Waals surface area (Å²) in [5.41, 5.74) is 1.17. The SMILES string of the molecule is CC(C)(C)OC(=O)NCCONC(C)(C)C(CNC(=O)c1ccc([N+](=O)[O-])o1)=NO. The second-order valence-electron chi connectivity index (χ2n) is 7.63. The number of hydrogen-bond acceptors (Lipinski definition) is 10. The minimum absolute atomic E-state index is 0.0871. The highest BCUT2D eigenvalue weighted by Crippen LogP contribution is 2.15. The molecule has 13 nitrogen and oxygen atoms in total. The normalized spacial score (nSPS) is 12.4. The zero-order valence-electron chi connectivity index (χ0n) is 17.5. The van der Waals surface area contributed by atoms with Crippen LogP contribution < -0.4 is 16.1 Å². The van der Waals surface area contributed by atoms with Crippen molar-refractivity contribution in [2.75, 3.05) is 19.7 Å². The van der Waals surface area contributed by atoms with Crippen molar-refractivity contribution in [2.45, 2.75) is 45.8 Å². The number of carbonyl (C=O) groups excluding carboxylic acids is 2. The van der Waals surface area contributed by atoms with Crippen molar-refractivity contribution in [3.05, 3.63) is 28.0 Å². The first kappa shape index (κ1) is 24.8. The molecule has 0 aromatic carbocycles. The quantitative estimate of drug-likeness (QED) is 0.141. The smallest absolute Gasteiger partial charge is 0.433 e. The number of hydrogen-bond donors (Lipinski definition) is 4. The number of nitrogens with one attached hydrogen (secondary N) is 3. The van der Waals surface area contributed by atoms with Gasteiger partial charge in [0.05, 0.1) is 30.5 Å². The van der Waals surface area contributed by atoms with Crippen molar-refractivity contribution in [3.63, 3.8) is 0 Å². The maximum Gasteiger partial charge on any atom is 0.433 e. The number of ether oxygens (including phenoxy) is 1. The fourth-order valence-corrected chi connectivity index (χ4v) is 1.99. The van der Waals surface area contributed by atoms with Crippen molar-refractivity contribution < 1.29 is 33.7 Å². The third-order valence-corrected chi connectivity index (χ3v) is 3.45. The molecule has 0 fully saturated rings. The summed E-state index contributed by atoms with van der Waals surface area (Å²) in [6.07, 6.45) is -0.580. The highest BCUT2D eigenvalue weighted by atomic mass is 16.7. The van der Waals surface area contributed by atoms with E-state index in [0.29, 0.717) is 0 Å². The summed E-state index contributed by atoms with van der Waals surface area (Å²) in [7, 11) is 0. The van der Waals surface area contributed by atoms with Crippen LogP contribution in [0.5, 0.6) is 0 Å². The number of hydroxylamine groups is 1. The molecule has 1 heterocycles. The molecule has 13 heteroatoms. The van der Waals surface area contributed by atoms with Crippen LogP contribution in [-0.4, -0.2) is 58.7 Å². The minimum atomic E-state index is -0.997. The topological polar surface area (TPSA) is 178 Å². The van der Waals surface area contributed by atoms with E-state index in [4.69, 9.17) is 14.0 Å². The van der Waals surface area contributed by atoms with Gasteiger partial charge >= 0.3 is 12.0 Å². The van der Waals surface area contributed by atoms with Gasteiger partial charge in [-0.3, -0.25) is 19.7 Å². The molecule has 0 saturated carbocycles. The van der Waals surface area contributed by atoms with E-state index in [1.54, 1.807) is 34.6 Å². The second kappa shape index (κ2) is 10.5. The van der Waals surface area contributed by atoms with E-state index in [-0.39, 0.29) is 31.2 Å². The zero-order chi connectivity index (χ0) is 22.9. The molecule has 2 amide bonds. The van der Waals surface area contributed by atoms with Gasteiger partial charge in [-0.25, -0.2) is 4.79 Å². The molecule has 1 aromatic rings. The molecule has 0 bridgehead atoms. The fraction of sp³-hybridized carbons (Fsp3) is 0.588. The largest absolute Gasteiger partial charge is 0.444 e. The molecule has 168 valence electrons. The van der Waals surface area contributed by atoms with Gasteiger partial charge in [0.15, 0.2) is 5.76 Å². The van der Waals surface area contributed by atoms with E-state index < -0.39 is 33.9 Å². The summed E-state index contributed by atoms with van der Waals surface area (Å²) < 4.78 is 9.88. The summed E-state index contributed by atoms with van der Waals surface area (Å²) in [5.74, 6) is -1.54. The van der Waals surface area contributed by atoms with Gasteiger partial charge in [0.2, 0.25) is 0 Å². The molecule has 30 heavy (non-hydrogen) atoms. The highest BCUT2D eigenvalue weighted by molar-refractivity contribution is 5.99. The van der Waals surface area contributed by atoms with Gasteiger partial charge < -0.3 is 25.0 Å². The van der Waals surface area contributed by atoms with Crippen molar-refractivity contribution in [1.82, 2.24) is 16.1 Å². The van der Waals surface area contributed by atoms with E-state index in [2.05, 4.69) is 21.3 Å². The van der Waals surface area contributed by atoms with E-state index >= 15 is 0 Å². The monoisotopic (exact) mass is 429 g/mol. The Labute approximate surface area is 172 Å². The van der Waals surface area contributed by atoms with Crippen molar-refractivity contribution in [1.29, 1.82) is 0 Å². The van der Waals surface area contributed by atoms with Gasteiger partial charge in [0.25, 0.3) is 5.91 Å². The second-order valence-corrected chi connectivity index (χ2v) is 7.63. The lowest BCUT2D eigenvalue weighted by Crippen LogP contribution is -2.51. The van der Waals surface area contributed by atoms with Crippen molar-refractivity contribution in [3.8, 4) is 0 Å². The minimum Gasteiger partial charge on any atom is -0.444 e. The average Bonchev–Trinajstić information content (AvgIpc) is 3.10. The fourth-order valence-electron chi connectivity index (χ4n) is 1.99. The molecule has 0 spiro atoms. The summed E-state index contributed by atoms with van der Waals surface area (Å²) in [5, 5.41) is 28.0. The Hall–Kier alpha value is -3.19. The van der Waals surface area contributed by atoms with Crippen LogP contribution in [-0.2, 0) is 9.57 Å². The van der Waals surface area contributed by atoms with Crippen LogP contribution in [0.15, 0.2) is 21.7 Å². The number of amides is 2. The molecule has 0 atom stereocenters. The Morgan fingerprint density at radius 2 is 1.90 bits per heavy atom. The van der Waals surface area contributed by atoms with E-state index in [1.807, 2.05) is 0 Å². The summed E-state index contributed by atoms with van der Waals surface area (Å²) >= 11 is 0. The number of furan rings is 1. The number of nitrogens with zero attached hydrogens (tertiary/aromatic N) is 2. The van der Waals surface area contributed by atoms with Crippen LogP contribution in [0.4, 0.5) is 10.7 Å². The Morgan fingerprint density at radius 1 is 1.23 bits per heavy atom. The lowest BCUT2D eigenvalue weighted by molar-refractivity contribution is -0.402. The number of rotatable bonds is 10. The molecule has 4 N–H and O–H groups in total. The molecule has 0 aliphatic heterocycles. The average molecular weight is 429 g/mol. The molecule has 0 radical (unpaired) electrons. The Balaban J connectivity index is 2.44. The van der Waals surface area contributed by atoms with Gasteiger partial charge in [0, 0.05) is 6.54 Å². The van der Waals surface area contributed by atoms with Gasteiger partial charge in [-0.15, -0.1) is 0 Å². The lowest BCUT2D eigenvalue weighted by atomic mass is 9.99. The first-order valence-corrected chi connectivity index (χ1v) is 8.95. The number of nitro groups is 1. The number of oxime groups is 1. The molecule has 0 aliphatic rings. The summed E-state index contributed by atoms with van der Waals surface area (Å²) in [6, 6.07) is 2.22. The molecular weight excluding hydrogens is 402 g/mol. The molecule has 0 aliphatic carbocycles. The van der Waals surface area contributed by atoms with E-state index in [9.17, 15) is 24.9 Å². The molecule has 1 rings (SSSR count). The summed E-state index contributed by atoms with van der Waals surface area (Å²) in [4.78, 5) is 38.7. The van der Waals surface area contributed by atoms with Crippen LogP contribution in [0.1, 0.15) is 45.2 Å². The Kier molecular flexibility index (Phi) is 8.74. The zero-order valence-corrected chi connectivity index (χ0v) is 17.5. The number of alkyl carbamates (subject to hydrolysis) is 1. The molecular formula is C17H27N5O8. The predicted molar refractivity (Wildman–Crippen MR) is 104 cm³/mol. The number of carbonyl (C=O) groups is 2. The van der Waals surface area contributed by atoms with Crippen LogP contribution in [0.25, 0.3) is 0 Å². The standard InChI is InChI=1S/C17H27N5O8/c1-16(2,3)30-15(24)18-8-9-28-21-17(4,5)12(20-25)10-19-14(23)11-6-7-13(29-11)22(26)27/h6-7,21,25H,8-10H2,1-5H3,(H,18,24)(H,19,23). The third kappa shape index (κ3) is 8.45. The van der Waals surface area contributed by atoms with Gasteiger partial charge in [-0.2, -0.15) is 5.48 Å². The van der Waals surface area contributed by atoms with Crippen LogP contribution in [0, 0.1) is 10.1 Å². The van der Waals surface area contributed by atoms with Crippen LogP contribution >= 0.6 is 0 Å². The van der Waals surface area contributed by atoms with Gasteiger partial charge in [0.1, 0.15) is 10.5 Å². The van der Waals surface area contributed by atoms with Crippen LogP contribution in [0.3, 0.4) is 0 Å². The van der Waals surface area contributed by atoms with Crippen LogP contribution in [0.2, 0.25) is 0 Å². The van der Waals surface area contributed by atoms with Gasteiger partial charge in [-0.1, -0.05) is 5.16 Å². The summed E-state index contributed by atoms with van der Waals surface area (Å²) in [6.45, 7) is 8.56.